The fraction of sp³-hybridized carbons (Fsp3) is 0.483. The van der Waals surface area contributed by atoms with Crippen molar-refractivity contribution in [3.8, 4) is 0 Å². The van der Waals surface area contributed by atoms with Crippen molar-refractivity contribution < 1.29 is 9.53 Å². The molecule has 2 aromatic rings. The summed E-state index contributed by atoms with van der Waals surface area (Å²) >= 11 is 0. The van der Waals surface area contributed by atoms with E-state index < -0.39 is 0 Å². The van der Waals surface area contributed by atoms with Crippen LogP contribution in [0.4, 0.5) is 0 Å². The van der Waals surface area contributed by atoms with Gasteiger partial charge in [0.25, 0.3) is 0 Å². The highest BCUT2D eigenvalue weighted by Crippen LogP contribution is 2.45. The van der Waals surface area contributed by atoms with E-state index in [1.807, 2.05) is 0 Å². The molecule has 0 bridgehead atoms. The highest BCUT2D eigenvalue weighted by Gasteiger charge is 2.40. The lowest BCUT2D eigenvalue weighted by Crippen LogP contribution is -2.43. The number of carbonyl (C=O) groups excluding carboxylic acids is 1. The number of benzene rings is 2. The van der Waals surface area contributed by atoms with Gasteiger partial charge in [-0.05, 0) is 44.4 Å². The van der Waals surface area contributed by atoms with Crippen LogP contribution in [-0.4, -0.2) is 31.1 Å². The summed E-state index contributed by atoms with van der Waals surface area (Å²) in [5, 5.41) is 3.64. The summed E-state index contributed by atoms with van der Waals surface area (Å²) in [5.41, 5.74) is 6.71. The molecule has 33 heavy (non-hydrogen) atoms. The van der Waals surface area contributed by atoms with Crippen molar-refractivity contribution in [1.82, 2.24) is 10.2 Å². The monoisotopic (exact) mass is 448 g/mol. The molecule has 0 radical (unpaired) electrons. The number of nitrogens with zero attached hydrogens (tertiary/aromatic N) is 1. The van der Waals surface area contributed by atoms with Gasteiger partial charge in [0, 0.05) is 24.7 Å². The number of rotatable bonds is 10. The van der Waals surface area contributed by atoms with E-state index in [0.717, 1.165) is 62.0 Å². The van der Waals surface area contributed by atoms with Crippen molar-refractivity contribution in [3.05, 3.63) is 82.1 Å². The molecule has 0 amide bonds. The predicted molar refractivity (Wildman–Crippen MR) is 136 cm³/mol. The summed E-state index contributed by atoms with van der Waals surface area (Å²) in [4.78, 5) is 15.7. The molecule has 2 atom stereocenters. The van der Waals surface area contributed by atoms with Crippen molar-refractivity contribution in [1.29, 1.82) is 0 Å². The molecule has 0 saturated heterocycles. The minimum absolute atomic E-state index is 0.145. The predicted octanol–water partition coefficient (Wildman–Crippen LogP) is 6.41. The van der Waals surface area contributed by atoms with E-state index in [4.69, 9.17) is 4.74 Å². The molecule has 2 unspecified atom stereocenters. The smallest absolute Gasteiger partial charge is 0.337 e. The Morgan fingerprint density at radius 3 is 2.06 bits per heavy atom. The van der Waals surface area contributed by atoms with Crippen molar-refractivity contribution >= 4 is 5.97 Å². The zero-order valence-electron chi connectivity index (χ0n) is 21.0. The summed E-state index contributed by atoms with van der Waals surface area (Å²) in [6.07, 6.45) is 5.15. The fourth-order valence-electron chi connectivity index (χ4n) is 4.69. The van der Waals surface area contributed by atoms with Crippen LogP contribution in [0.3, 0.4) is 0 Å². The molecule has 1 aliphatic rings. The Labute approximate surface area is 200 Å². The molecule has 4 nitrogen and oxygen atoms in total. The van der Waals surface area contributed by atoms with Crippen LogP contribution in [0.1, 0.15) is 80.3 Å². The first-order valence-electron chi connectivity index (χ1n) is 12.4. The second kappa shape index (κ2) is 12.0. The fourth-order valence-corrected chi connectivity index (χ4v) is 4.69. The molecule has 3 rings (SSSR count). The molecular formula is C29H40N2O2. The van der Waals surface area contributed by atoms with Crippen LogP contribution in [0.5, 0.6) is 0 Å². The molecule has 4 heteroatoms. The maximum Gasteiger partial charge on any atom is 0.337 e. The van der Waals surface area contributed by atoms with Crippen LogP contribution in [0.25, 0.3) is 0 Å². The third kappa shape index (κ3) is 6.05. The number of unbranched alkanes of at least 4 members (excludes halogenated alkanes) is 2. The summed E-state index contributed by atoms with van der Waals surface area (Å²) in [5.74, 6) is -0.233. The number of carbonyl (C=O) groups is 1. The first-order valence-corrected chi connectivity index (χ1v) is 12.4. The molecule has 1 heterocycles. The number of hydrogen-bond donors (Lipinski definition) is 1. The molecule has 0 fully saturated rings. The van der Waals surface area contributed by atoms with Gasteiger partial charge < -0.3 is 10.1 Å². The topological polar surface area (TPSA) is 41.6 Å². The zero-order chi connectivity index (χ0) is 23.8. The van der Waals surface area contributed by atoms with Crippen LogP contribution < -0.4 is 5.32 Å². The van der Waals surface area contributed by atoms with E-state index in [1.54, 1.807) is 0 Å². The Balaban J connectivity index is 2.17. The van der Waals surface area contributed by atoms with Gasteiger partial charge in [0.15, 0.2) is 0 Å². The molecular weight excluding hydrogens is 408 g/mol. The van der Waals surface area contributed by atoms with E-state index in [1.165, 1.54) is 23.8 Å². The molecule has 0 spiro atoms. The lowest BCUT2D eigenvalue weighted by molar-refractivity contribution is -0.137. The highest BCUT2D eigenvalue weighted by atomic mass is 16.5. The Morgan fingerprint density at radius 2 is 1.52 bits per heavy atom. The van der Waals surface area contributed by atoms with Crippen molar-refractivity contribution in [2.75, 3.05) is 20.2 Å². The van der Waals surface area contributed by atoms with Gasteiger partial charge >= 0.3 is 5.97 Å². The Hall–Kier alpha value is -2.59. The van der Waals surface area contributed by atoms with Crippen LogP contribution in [0, 0.1) is 13.8 Å². The van der Waals surface area contributed by atoms with Crippen molar-refractivity contribution in [3.63, 3.8) is 0 Å². The zero-order valence-corrected chi connectivity index (χ0v) is 21.0. The lowest BCUT2D eigenvalue weighted by Gasteiger charge is -2.44. The third-order valence-electron chi connectivity index (χ3n) is 6.63. The highest BCUT2D eigenvalue weighted by molar-refractivity contribution is 5.91. The molecule has 0 aromatic heterocycles. The number of esters is 1. The van der Waals surface area contributed by atoms with Gasteiger partial charge in [0.05, 0.1) is 18.7 Å². The molecule has 0 saturated carbocycles. The second-order valence-electron chi connectivity index (χ2n) is 9.20. The van der Waals surface area contributed by atoms with Crippen LogP contribution in [0.15, 0.2) is 59.8 Å². The Bertz CT molecular complexity index is 931. The van der Waals surface area contributed by atoms with Gasteiger partial charge in [-0.15, -0.1) is 0 Å². The van der Waals surface area contributed by atoms with Gasteiger partial charge in [-0.1, -0.05) is 86.3 Å². The van der Waals surface area contributed by atoms with Gasteiger partial charge in [0.1, 0.15) is 0 Å². The molecule has 1 aliphatic heterocycles. The van der Waals surface area contributed by atoms with E-state index in [-0.39, 0.29) is 18.1 Å². The normalized spacial score (nSPS) is 18.9. The average molecular weight is 449 g/mol. The summed E-state index contributed by atoms with van der Waals surface area (Å²) in [6.45, 7) is 10.4. The molecule has 1 N–H and O–H groups in total. The number of ether oxygens (including phenoxy) is 1. The van der Waals surface area contributed by atoms with Gasteiger partial charge in [-0.25, -0.2) is 4.79 Å². The van der Waals surface area contributed by atoms with Gasteiger partial charge in [-0.3, -0.25) is 4.90 Å². The number of hydrogen-bond acceptors (Lipinski definition) is 4. The first kappa shape index (κ1) is 25.0. The van der Waals surface area contributed by atoms with Crippen LogP contribution in [0.2, 0.25) is 0 Å². The van der Waals surface area contributed by atoms with Crippen LogP contribution in [-0.2, 0) is 9.53 Å². The van der Waals surface area contributed by atoms with Crippen molar-refractivity contribution in [2.24, 2.45) is 0 Å². The SMILES string of the molecule is CCCCNC1=C(C(=O)OC)C(c2ccc(C)cc2)N(CCCC)C(c2ccc(C)cc2)C1. The number of aryl methyl sites for hydroxylation is 2. The lowest BCUT2D eigenvalue weighted by atomic mass is 9.84. The van der Waals surface area contributed by atoms with Gasteiger partial charge in [0.2, 0.25) is 0 Å². The first-order chi connectivity index (χ1) is 16.0. The molecule has 178 valence electrons. The van der Waals surface area contributed by atoms with Gasteiger partial charge in [-0.2, -0.15) is 0 Å². The average Bonchev–Trinajstić information content (AvgIpc) is 2.83. The summed E-state index contributed by atoms with van der Waals surface area (Å²) in [6, 6.07) is 17.6. The summed E-state index contributed by atoms with van der Waals surface area (Å²) in [7, 11) is 1.49. The third-order valence-corrected chi connectivity index (χ3v) is 6.63. The maximum absolute atomic E-state index is 13.2. The van der Waals surface area contributed by atoms with Crippen LogP contribution >= 0.6 is 0 Å². The second-order valence-corrected chi connectivity index (χ2v) is 9.20. The Kier molecular flexibility index (Phi) is 9.13. The Morgan fingerprint density at radius 1 is 0.939 bits per heavy atom. The number of methoxy groups -OCH3 is 1. The minimum Gasteiger partial charge on any atom is -0.466 e. The minimum atomic E-state index is -0.233. The van der Waals surface area contributed by atoms with E-state index >= 15 is 0 Å². The number of nitrogens with one attached hydrogen (secondary N) is 1. The molecule has 2 aromatic carbocycles. The van der Waals surface area contributed by atoms with E-state index in [2.05, 4.69) is 86.4 Å². The largest absolute Gasteiger partial charge is 0.466 e. The van der Waals surface area contributed by atoms with Crippen molar-refractivity contribution in [2.45, 2.75) is 71.9 Å². The van der Waals surface area contributed by atoms with E-state index in [0.29, 0.717) is 0 Å². The summed E-state index contributed by atoms with van der Waals surface area (Å²) < 4.78 is 5.35. The quantitative estimate of drug-likeness (QED) is 0.337. The van der Waals surface area contributed by atoms with E-state index in [9.17, 15) is 4.79 Å². The standard InChI is InChI=1S/C29H40N2O2/c1-6-8-18-30-25-20-26(23-14-10-21(3)11-15-23)31(19-9-7-2)28(27(25)29(32)33-5)24-16-12-22(4)13-17-24/h10-17,26,28,30H,6-9,18-20H2,1-5H3. The maximum atomic E-state index is 13.2. The molecule has 0 aliphatic carbocycles.